The summed E-state index contributed by atoms with van der Waals surface area (Å²) in [7, 11) is -1.19. The lowest BCUT2D eigenvalue weighted by Gasteiger charge is -1.88. The minimum atomic E-state index is -1.19. The maximum absolute atomic E-state index is 5.18. The number of rotatable bonds is 3. The summed E-state index contributed by atoms with van der Waals surface area (Å²) in [6.07, 6.45) is 1.74. The van der Waals surface area contributed by atoms with Gasteiger partial charge in [0.15, 0.2) is 0 Å². The summed E-state index contributed by atoms with van der Waals surface area (Å²) in [5.41, 5.74) is 0. The van der Waals surface area contributed by atoms with E-state index in [1.165, 1.54) is 0 Å². The molecule has 1 nitrogen and oxygen atoms in total. The van der Waals surface area contributed by atoms with Crippen LogP contribution in [0.2, 0.25) is 6.55 Å². The van der Waals surface area contributed by atoms with E-state index in [0.717, 1.165) is 6.61 Å². The van der Waals surface area contributed by atoms with Crippen molar-refractivity contribution in [1.29, 1.82) is 0 Å². The third-order valence-electron chi connectivity index (χ3n) is 0.440. The zero-order valence-electron chi connectivity index (χ0n) is 6.44. The van der Waals surface area contributed by atoms with Gasteiger partial charge in [-0.25, -0.2) is 0 Å². The van der Waals surface area contributed by atoms with E-state index in [0.29, 0.717) is 6.61 Å². The van der Waals surface area contributed by atoms with Crippen molar-refractivity contribution < 1.29 is 4.74 Å². The van der Waals surface area contributed by atoms with Crippen LogP contribution in [-0.2, 0) is 4.74 Å². The molecule has 0 amide bonds. The first-order valence-corrected chi connectivity index (χ1v) is 7.76. The van der Waals surface area contributed by atoms with Gasteiger partial charge in [-0.2, -0.15) is 22.2 Å². The van der Waals surface area contributed by atoms with Gasteiger partial charge in [-0.05, 0) is 13.5 Å². The Balaban J connectivity index is 0. The molecule has 0 aliphatic rings. The molecule has 0 aromatic heterocycles. The van der Waals surface area contributed by atoms with Gasteiger partial charge in [-0.15, -0.1) is 6.58 Å². The fourth-order valence-corrected chi connectivity index (χ4v) is 0.201. The zero-order chi connectivity index (χ0) is 8.41. The summed E-state index contributed by atoms with van der Waals surface area (Å²) in [6, 6.07) is 0. The van der Waals surface area contributed by atoms with Gasteiger partial charge in [0.05, 0.1) is 6.61 Å². The van der Waals surface area contributed by atoms with E-state index in [-0.39, 0.29) is 0 Å². The molecule has 0 aliphatic carbocycles. The molecule has 62 valence electrons. The van der Waals surface area contributed by atoms with E-state index in [9.17, 15) is 0 Å². The van der Waals surface area contributed by atoms with E-state index in [2.05, 4.69) is 6.58 Å². The Labute approximate surface area is 74.0 Å². The smallest absolute Gasteiger partial charge is 0.234 e. The Morgan fingerprint density at radius 1 is 1.60 bits per heavy atom. The molecule has 0 aromatic carbocycles. The first-order chi connectivity index (χ1) is 4.65. The van der Waals surface area contributed by atoms with Crippen molar-refractivity contribution in [3.63, 3.8) is 0 Å². The Bertz CT molecular complexity index is 66.0. The summed E-state index contributed by atoms with van der Waals surface area (Å²) in [4.78, 5) is 0. The van der Waals surface area contributed by atoms with E-state index in [1.807, 2.05) is 13.5 Å². The predicted octanol–water partition coefficient (Wildman–Crippen LogP) is 2.52. The topological polar surface area (TPSA) is 9.23 Å². The molecule has 0 unspecified atom stereocenters. The summed E-state index contributed by atoms with van der Waals surface area (Å²) in [5.74, 6) is 0. The molecule has 0 aromatic rings. The van der Waals surface area contributed by atoms with Gasteiger partial charge in [0, 0.05) is 6.61 Å². The molecule has 10 heavy (non-hydrogen) atoms. The average Bonchev–Trinajstić information content (AvgIpc) is 1.82. The average molecular weight is 201 g/mol. The highest BCUT2D eigenvalue weighted by Gasteiger charge is 1.80. The van der Waals surface area contributed by atoms with Gasteiger partial charge in [0.1, 0.15) is 0 Å². The zero-order valence-corrected chi connectivity index (χ0v) is 9.11. The second-order valence-electron chi connectivity index (χ2n) is 1.47. The summed E-state index contributed by atoms with van der Waals surface area (Å²) in [6.45, 7) is 8.73. The quantitative estimate of drug-likeness (QED) is 0.295. The molecule has 0 radical (unpaired) electrons. The van der Waals surface area contributed by atoms with Crippen molar-refractivity contribution in [3.05, 3.63) is 12.7 Å². The summed E-state index contributed by atoms with van der Waals surface area (Å²) < 4.78 is 4.86. The van der Waals surface area contributed by atoms with E-state index in [4.69, 9.17) is 26.9 Å². The first kappa shape index (κ1) is 13.1. The van der Waals surface area contributed by atoms with Crippen LogP contribution >= 0.6 is 22.2 Å². The van der Waals surface area contributed by atoms with Crippen molar-refractivity contribution in [2.45, 2.75) is 13.5 Å². The van der Waals surface area contributed by atoms with E-state index in [1.54, 1.807) is 6.08 Å². The molecule has 0 bridgehead atoms. The third-order valence-corrected chi connectivity index (χ3v) is 0.440. The molecule has 0 rings (SSSR count). The maximum atomic E-state index is 5.18. The molecular formula is C6H14Cl2OSi. The highest BCUT2D eigenvalue weighted by Crippen LogP contribution is 1.89. The van der Waals surface area contributed by atoms with E-state index < -0.39 is 7.42 Å². The molecule has 0 saturated heterocycles. The lowest BCUT2D eigenvalue weighted by molar-refractivity contribution is 0.178. The van der Waals surface area contributed by atoms with Gasteiger partial charge in [0.2, 0.25) is 7.42 Å². The second-order valence-corrected chi connectivity index (χ2v) is 7.10. The Morgan fingerprint density at radius 3 is 2.10 bits per heavy atom. The van der Waals surface area contributed by atoms with Crippen LogP contribution in [0.4, 0.5) is 0 Å². The lowest BCUT2D eigenvalue weighted by Crippen LogP contribution is -1.86. The minimum absolute atomic E-state index is 0.677. The lowest BCUT2D eigenvalue weighted by atomic mass is 10.7. The minimum Gasteiger partial charge on any atom is -0.378 e. The van der Waals surface area contributed by atoms with Crippen molar-refractivity contribution in [2.24, 2.45) is 0 Å². The van der Waals surface area contributed by atoms with Crippen LogP contribution in [0.1, 0.15) is 6.92 Å². The van der Waals surface area contributed by atoms with Gasteiger partial charge >= 0.3 is 0 Å². The van der Waals surface area contributed by atoms with Crippen molar-refractivity contribution in [2.75, 3.05) is 13.2 Å². The van der Waals surface area contributed by atoms with E-state index >= 15 is 0 Å². The number of hydrogen-bond acceptors (Lipinski definition) is 1. The summed E-state index contributed by atoms with van der Waals surface area (Å²) in [5, 5.41) is 0. The van der Waals surface area contributed by atoms with Crippen LogP contribution in [0.3, 0.4) is 0 Å². The van der Waals surface area contributed by atoms with Gasteiger partial charge in [0.25, 0.3) is 0 Å². The monoisotopic (exact) mass is 200 g/mol. The van der Waals surface area contributed by atoms with Gasteiger partial charge in [-0.3, -0.25) is 0 Å². The molecule has 0 heterocycles. The number of halogens is 2. The van der Waals surface area contributed by atoms with Crippen LogP contribution < -0.4 is 0 Å². The largest absolute Gasteiger partial charge is 0.378 e. The Morgan fingerprint density at radius 2 is 2.00 bits per heavy atom. The predicted molar refractivity (Wildman–Crippen MR) is 51.4 cm³/mol. The highest BCUT2D eigenvalue weighted by atomic mass is 35.7. The van der Waals surface area contributed by atoms with Crippen LogP contribution in [0.25, 0.3) is 0 Å². The molecule has 0 saturated carbocycles. The van der Waals surface area contributed by atoms with Gasteiger partial charge in [-0.1, -0.05) is 6.08 Å². The molecule has 0 N–H and O–H groups in total. The Hall–Kier alpha value is 0.497. The van der Waals surface area contributed by atoms with Crippen molar-refractivity contribution >= 4 is 29.6 Å². The fourth-order valence-electron chi connectivity index (χ4n) is 0.201. The molecule has 0 atom stereocenters. The Kier molecular flexibility index (Phi) is 16.0. The normalized spacial score (nSPS) is 8.50. The number of hydrogen-bond donors (Lipinski definition) is 0. The van der Waals surface area contributed by atoms with Crippen LogP contribution in [0.5, 0.6) is 0 Å². The van der Waals surface area contributed by atoms with Crippen molar-refractivity contribution in [1.82, 2.24) is 0 Å². The molecule has 4 heteroatoms. The molecule has 0 fully saturated rings. The molecule has 0 spiro atoms. The SMILES string of the molecule is C=CCOCC.C[SiH](Cl)Cl. The molecule has 0 aliphatic heterocycles. The standard InChI is InChI=1S/C5H10O.CH4Cl2Si/c1-3-5-6-4-2;1-4(2)3/h3H,1,4-5H2,2H3;4H,1H3. The van der Waals surface area contributed by atoms with Crippen LogP contribution in [0.15, 0.2) is 12.7 Å². The maximum Gasteiger partial charge on any atom is 0.234 e. The van der Waals surface area contributed by atoms with Crippen LogP contribution in [-0.4, -0.2) is 20.6 Å². The van der Waals surface area contributed by atoms with Crippen LogP contribution in [0, 0.1) is 0 Å². The van der Waals surface area contributed by atoms with Gasteiger partial charge < -0.3 is 4.74 Å². The summed E-state index contributed by atoms with van der Waals surface area (Å²) >= 11 is 10.4. The first-order valence-electron chi connectivity index (χ1n) is 3.11. The fraction of sp³-hybridized carbons (Fsp3) is 0.667. The highest BCUT2D eigenvalue weighted by molar-refractivity contribution is 7.33. The molecular weight excluding hydrogens is 187 g/mol. The van der Waals surface area contributed by atoms with Crippen molar-refractivity contribution in [3.8, 4) is 0 Å². The third kappa shape index (κ3) is 39.1. The number of ether oxygens (including phenoxy) is 1. The second kappa shape index (κ2) is 12.2.